The van der Waals surface area contributed by atoms with E-state index in [0.717, 1.165) is 11.1 Å². The largest absolute Gasteiger partial charge is 0.463 e. The van der Waals surface area contributed by atoms with Crippen LogP contribution in [0.1, 0.15) is 6.92 Å². The van der Waals surface area contributed by atoms with Crippen LogP contribution in [0.3, 0.4) is 0 Å². The second-order valence-electron chi connectivity index (χ2n) is 4.14. The van der Waals surface area contributed by atoms with Crippen LogP contribution < -0.4 is 10.3 Å². The van der Waals surface area contributed by atoms with Crippen LogP contribution in [0.4, 0.5) is 5.82 Å². The van der Waals surface area contributed by atoms with E-state index >= 15 is 0 Å². The van der Waals surface area contributed by atoms with Crippen LogP contribution in [0.2, 0.25) is 0 Å². The van der Waals surface area contributed by atoms with Gasteiger partial charge in [-0.15, -0.1) is 0 Å². The molecule has 1 aromatic carbocycles. The third-order valence-electron chi connectivity index (χ3n) is 2.77. The smallest absolute Gasteiger partial charge is 0.348 e. The Morgan fingerprint density at radius 3 is 2.58 bits per heavy atom. The van der Waals surface area contributed by atoms with Crippen LogP contribution in [0.5, 0.6) is 0 Å². The van der Waals surface area contributed by atoms with Gasteiger partial charge in [0, 0.05) is 11.6 Å². The molecule has 0 aliphatic carbocycles. The summed E-state index contributed by atoms with van der Waals surface area (Å²) in [5, 5.41) is 0. The summed E-state index contributed by atoms with van der Waals surface area (Å²) < 4.78 is 6.63. The number of hydrogen-bond acceptors (Lipinski definition) is 3. The Kier molecular flexibility index (Phi) is 4.13. The van der Waals surface area contributed by atoms with Gasteiger partial charge in [0.2, 0.25) is 0 Å². The molecule has 0 aliphatic rings. The van der Waals surface area contributed by atoms with E-state index in [-0.39, 0.29) is 12.5 Å². The predicted molar refractivity (Wildman–Crippen MR) is 73.1 cm³/mol. The molecule has 98 valence electrons. The van der Waals surface area contributed by atoms with Crippen LogP contribution in [0.15, 0.2) is 48.7 Å². The number of ether oxygens (including phenoxy) is 1. The molecule has 2 aromatic rings. The number of benzene rings is 1. The monoisotopic (exact) mass is 257 g/mol. The van der Waals surface area contributed by atoms with E-state index in [1.165, 1.54) is 0 Å². The van der Waals surface area contributed by atoms with Crippen LogP contribution in [0.25, 0.3) is 11.1 Å². The standard InChI is InChI=1S/C15H16N2O2/c1-2-19-15(18)11-17-10-13(8-9-14(17)16)12-6-4-3-5-7-12/h3-10,16H,2,11H2,1H3/p+1. The molecule has 0 bridgehead atoms. The van der Waals surface area contributed by atoms with Gasteiger partial charge in [-0.3, -0.25) is 5.73 Å². The van der Waals surface area contributed by atoms with E-state index in [1.807, 2.05) is 42.6 Å². The zero-order valence-corrected chi connectivity index (χ0v) is 10.9. The highest BCUT2D eigenvalue weighted by molar-refractivity contribution is 5.68. The van der Waals surface area contributed by atoms with Gasteiger partial charge in [-0.25, -0.2) is 9.36 Å². The molecule has 0 unspecified atom stereocenters. The van der Waals surface area contributed by atoms with E-state index in [1.54, 1.807) is 17.6 Å². The molecule has 1 heterocycles. The molecule has 0 saturated heterocycles. The lowest BCUT2D eigenvalue weighted by Crippen LogP contribution is -2.41. The summed E-state index contributed by atoms with van der Waals surface area (Å²) in [5.41, 5.74) is 7.96. The topological polar surface area (TPSA) is 56.2 Å². The molecule has 0 saturated carbocycles. The zero-order valence-electron chi connectivity index (χ0n) is 10.9. The van der Waals surface area contributed by atoms with Crippen molar-refractivity contribution < 1.29 is 14.1 Å². The number of nitrogen functional groups attached to an aromatic ring is 1. The number of aromatic nitrogens is 1. The Balaban J connectivity index is 2.27. The predicted octanol–water partition coefficient (Wildman–Crippen LogP) is 1.79. The van der Waals surface area contributed by atoms with E-state index in [4.69, 9.17) is 10.5 Å². The zero-order chi connectivity index (χ0) is 13.7. The fraction of sp³-hybridized carbons (Fsp3) is 0.200. The van der Waals surface area contributed by atoms with Crippen molar-refractivity contribution in [3.8, 4) is 11.1 Å². The highest BCUT2D eigenvalue weighted by Crippen LogP contribution is 2.17. The second-order valence-corrected chi connectivity index (χ2v) is 4.14. The first-order valence-electron chi connectivity index (χ1n) is 6.20. The maximum atomic E-state index is 11.5. The molecular weight excluding hydrogens is 240 g/mol. The second kappa shape index (κ2) is 6.00. The fourth-order valence-corrected chi connectivity index (χ4v) is 1.84. The van der Waals surface area contributed by atoms with Crippen LogP contribution in [-0.4, -0.2) is 12.6 Å². The lowest BCUT2D eigenvalue weighted by molar-refractivity contribution is -0.671. The average Bonchev–Trinajstić information content (AvgIpc) is 2.42. The molecule has 2 N–H and O–H groups in total. The summed E-state index contributed by atoms with van der Waals surface area (Å²) in [7, 11) is 0. The Hall–Kier alpha value is -2.36. The number of rotatable bonds is 4. The first-order valence-corrected chi connectivity index (χ1v) is 6.20. The van der Waals surface area contributed by atoms with Gasteiger partial charge in [0.25, 0.3) is 5.82 Å². The number of carbonyl (C=O) groups is 1. The Bertz CT molecular complexity index is 568. The van der Waals surface area contributed by atoms with Gasteiger partial charge < -0.3 is 4.74 Å². The molecular formula is C15H17N2O2+. The highest BCUT2D eigenvalue weighted by Gasteiger charge is 2.12. The normalized spacial score (nSPS) is 10.2. The van der Waals surface area contributed by atoms with Crippen molar-refractivity contribution in [2.45, 2.75) is 13.5 Å². The maximum absolute atomic E-state index is 11.5. The van der Waals surface area contributed by atoms with Crippen molar-refractivity contribution in [1.29, 1.82) is 0 Å². The Morgan fingerprint density at radius 2 is 1.89 bits per heavy atom. The van der Waals surface area contributed by atoms with E-state index < -0.39 is 0 Å². The summed E-state index contributed by atoms with van der Waals surface area (Å²) >= 11 is 0. The molecule has 0 aliphatic heterocycles. The van der Waals surface area contributed by atoms with E-state index in [9.17, 15) is 4.79 Å². The number of anilines is 1. The van der Waals surface area contributed by atoms with Gasteiger partial charge >= 0.3 is 5.97 Å². The molecule has 0 atom stereocenters. The minimum absolute atomic E-state index is 0.125. The van der Waals surface area contributed by atoms with Crippen molar-refractivity contribution in [3.05, 3.63) is 48.7 Å². The molecule has 1 aromatic heterocycles. The molecule has 2 rings (SSSR count). The van der Waals surface area contributed by atoms with Gasteiger partial charge in [-0.1, -0.05) is 30.3 Å². The quantitative estimate of drug-likeness (QED) is 0.671. The minimum atomic E-state index is -0.288. The van der Waals surface area contributed by atoms with Crippen molar-refractivity contribution in [1.82, 2.24) is 0 Å². The van der Waals surface area contributed by atoms with Crippen molar-refractivity contribution in [3.63, 3.8) is 0 Å². The maximum Gasteiger partial charge on any atom is 0.348 e. The average molecular weight is 257 g/mol. The number of hydrogen-bond donors (Lipinski definition) is 1. The lowest BCUT2D eigenvalue weighted by atomic mass is 10.1. The van der Waals surface area contributed by atoms with Crippen molar-refractivity contribution in [2.24, 2.45) is 0 Å². The third-order valence-corrected chi connectivity index (χ3v) is 2.77. The van der Waals surface area contributed by atoms with Crippen molar-refractivity contribution in [2.75, 3.05) is 12.3 Å². The van der Waals surface area contributed by atoms with Gasteiger partial charge in [0.1, 0.15) is 0 Å². The minimum Gasteiger partial charge on any atom is -0.463 e. The molecule has 0 radical (unpaired) electrons. The first kappa shape index (κ1) is 13.1. The van der Waals surface area contributed by atoms with Crippen LogP contribution in [0, 0.1) is 0 Å². The van der Waals surface area contributed by atoms with E-state index in [2.05, 4.69) is 0 Å². The highest BCUT2D eigenvalue weighted by atomic mass is 16.5. The number of nitrogens with two attached hydrogens (primary N) is 1. The molecule has 0 fully saturated rings. The van der Waals surface area contributed by atoms with Gasteiger partial charge in [0.05, 0.1) is 12.8 Å². The van der Waals surface area contributed by atoms with Gasteiger partial charge in [-0.2, -0.15) is 0 Å². The Labute approximate surface area is 112 Å². The molecule has 0 spiro atoms. The third kappa shape index (κ3) is 3.31. The summed E-state index contributed by atoms with van der Waals surface area (Å²) in [6.07, 6.45) is 1.86. The van der Waals surface area contributed by atoms with Crippen LogP contribution >= 0.6 is 0 Å². The first-order chi connectivity index (χ1) is 9.20. The summed E-state index contributed by atoms with van der Waals surface area (Å²) in [6.45, 7) is 2.28. The molecule has 19 heavy (non-hydrogen) atoms. The van der Waals surface area contributed by atoms with E-state index in [0.29, 0.717) is 12.4 Å². The van der Waals surface area contributed by atoms with Gasteiger partial charge in [-0.05, 0) is 18.6 Å². The van der Waals surface area contributed by atoms with Crippen molar-refractivity contribution >= 4 is 11.8 Å². The SMILES string of the molecule is CCOC(=O)C[n+]1cc(-c2ccccc2)ccc1N. The Morgan fingerprint density at radius 1 is 1.16 bits per heavy atom. The summed E-state index contributed by atoms with van der Waals surface area (Å²) in [5.74, 6) is 0.247. The number of esters is 1. The fourth-order valence-electron chi connectivity index (χ4n) is 1.84. The van der Waals surface area contributed by atoms with Crippen LogP contribution in [-0.2, 0) is 16.1 Å². The molecule has 0 amide bonds. The molecule has 4 heteroatoms. The number of nitrogens with zero attached hydrogens (tertiary/aromatic N) is 1. The number of carbonyl (C=O) groups excluding carboxylic acids is 1. The summed E-state index contributed by atoms with van der Waals surface area (Å²) in [4.78, 5) is 11.5. The number of pyridine rings is 1. The molecule has 4 nitrogen and oxygen atoms in total. The lowest BCUT2D eigenvalue weighted by Gasteiger charge is -2.06. The summed E-state index contributed by atoms with van der Waals surface area (Å²) in [6, 6.07) is 13.7. The van der Waals surface area contributed by atoms with Gasteiger partial charge in [0.15, 0.2) is 6.54 Å².